The summed E-state index contributed by atoms with van der Waals surface area (Å²) in [6, 6.07) is 15.2. The summed E-state index contributed by atoms with van der Waals surface area (Å²) in [6.45, 7) is 3.35. The second-order valence-corrected chi connectivity index (χ2v) is 9.16. The Kier molecular flexibility index (Phi) is 6.07. The van der Waals surface area contributed by atoms with E-state index in [-0.39, 0.29) is 17.7 Å². The van der Waals surface area contributed by atoms with Crippen LogP contribution in [-0.2, 0) is 22.7 Å². The number of aromatic nitrogens is 3. The molecular weight excluding hydrogens is 444 g/mol. The maximum absolute atomic E-state index is 13.3. The molecule has 1 saturated heterocycles. The van der Waals surface area contributed by atoms with Gasteiger partial charge in [-0.2, -0.15) is 5.10 Å². The van der Waals surface area contributed by atoms with Crippen LogP contribution in [0.2, 0.25) is 0 Å². The number of carbonyl (C=O) groups excluding carboxylic acids is 3. The summed E-state index contributed by atoms with van der Waals surface area (Å²) in [6.07, 6.45) is 4.95. The van der Waals surface area contributed by atoms with E-state index < -0.39 is 5.66 Å². The van der Waals surface area contributed by atoms with Crippen LogP contribution in [0.3, 0.4) is 0 Å². The molecule has 0 saturated carbocycles. The molecule has 2 aliphatic rings. The molecule has 1 N–H and O–H groups in total. The van der Waals surface area contributed by atoms with Gasteiger partial charge < -0.3 is 10.2 Å². The average molecular weight is 473 g/mol. The molecule has 5 rings (SSSR count). The van der Waals surface area contributed by atoms with Crippen molar-refractivity contribution in [2.45, 2.75) is 51.4 Å². The van der Waals surface area contributed by atoms with Crippen molar-refractivity contribution in [3.8, 4) is 0 Å². The van der Waals surface area contributed by atoms with Crippen molar-refractivity contribution in [1.82, 2.24) is 25.0 Å². The summed E-state index contributed by atoms with van der Waals surface area (Å²) in [7, 11) is 0. The minimum atomic E-state index is -0.695. The molecule has 0 spiro atoms. The number of nitrogens with zero attached hydrogens (tertiary/aromatic N) is 5. The Bertz CT molecular complexity index is 1260. The van der Waals surface area contributed by atoms with Crippen LogP contribution in [0.5, 0.6) is 0 Å². The van der Waals surface area contributed by atoms with E-state index in [4.69, 9.17) is 0 Å². The highest BCUT2D eigenvalue weighted by atomic mass is 16.2. The van der Waals surface area contributed by atoms with Crippen LogP contribution in [0.15, 0.2) is 61.2 Å². The van der Waals surface area contributed by atoms with Crippen LogP contribution in [0.25, 0.3) is 0 Å². The molecule has 3 aromatic rings. The third-order valence-electron chi connectivity index (χ3n) is 6.92. The molecule has 1 unspecified atom stereocenters. The molecule has 1 atom stereocenters. The van der Waals surface area contributed by atoms with Gasteiger partial charge in [0.25, 0.3) is 5.91 Å². The highest BCUT2D eigenvalue weighted by Gasteiger charge is 2.52. The van der Waals surface area contributed by atoms with Gasteiger partial charge in [-0.15, -0.1) is 0 Å². The van der Waals surface area contributed by atoms with Gasteiger partial charge in [-0.25, -0.2) is 9.67 Å². The number of hydrogen-bond acceptors (Lipinski definition) is 5. The fourth-order valence-corrected chi connectivity index (χ4v) is 5.09. The van der Waals surface area contributed by atoms with E-state index in [1.165, 1.54) is 6.33 Å². The van der Waals surface area contributed by atoms with E-state index >= 15 is 0 Å². The van der Waals surface area contributed by atoms with Crippen molar-refractivity contribution < 1.29 is 14.4 Å². The third kappa shape index (κ3) is 4.29. The normalized spacial score (nSPS) is 19.0. The van der Waals surface area contributed by atoms with Crippen molar-refractivity contribution in [3.63, 3.8) is 0 Å². The van der Waals surface area contributed by atoms with Crippen molar-refractivity contribution >= 4 is 23.4 Å². The predicted octanol–water partition coefficient (Wildman–Crippen LogP) is 2.72. The number of carbonyl (C=O) groups is 3. The summed E-state index contributed by atoms with van der Waals surface area (Å²) in [5, 5.41) is 7.14. The Morgan fingerprint density at radius 2 is 1.86 bits per heavy atom. The monoisotopic (exact) mass is 472 g/mol. The van der Waals surface area contributed by atoms with E-state index in [1.807, 2.05) is 49.4 Å². The van der Waals surface area contributed by atoms with Crippen LogP contribution in [-0.4, -0.2) is 49.6 Å². The zero-order valence-electron chi connectivity index (χ0n) is 19.7. The van der Waals surface area contributed by atoms with Crippen molar-refractivity contribution in [2.24, 2.45) is 0 Å². The topological polar surface area (TPSA) is 100 Å². The molecule has 35 heavy (non-hydrogen) atoms. The molecule has 2 aliphatic heterocycles. The number of nitrogens with one attached hydrogen (secondary N) is 1. The molecule has 2 aromatic carbocycles. The number of benzene rings is 2. The Morgan fingerprint density at radius 1 is 1.09 bits per heavy atom. The number of fused-ring (bicyclic) bond motifs is 3. The second kappa shape index (κ2) is 9.32. The van der Waals surface area contributed by atoms with Gasteiger partial charge in [-0.1, -0.05) is 36.4 Å². The maximum Gasteiger partial charge on any atom is 0.257 e. The SMILES string of the molecule is CC12CCC(=O)N1c1ccccc1C(=O)N2CCCC(=O)NCc1ccccc1Cn1cncn1. The minimum Gasteiger partial charge on any atom is -0.352 e. The Morgan fingerprint density at radius 3 is 2.66 bits per heavy atom. The lowest BCUT2D eigenvalue weighted by Crippen LogP contribution is -2.62. The average Bonchev–Trinajstić information content (AvgIpc) is 3.48. The standard InChI is InChI=1S/C26H28N6O3/c1-26-13-12-24(34)32(26)22-10-5-4-9-21(22)25(35)31(26)14-6-11-23(33)28-15-19-7-2-3-8-20(19)16-30-18-27-17-29-30/h2-5,7-10,17-18H,6,11-16H2,1H3,(H,28,33). The summed E-state index contributed by atoms with van der Waals surface area (Å²) in [5.74, 6) is -0.133. The van der Waals surface area contributed by atoms with E-state index in [0.29, 0.717) is 56.6 Å². The van der Waals surface area contributed by atoms with E-state index in [2.05, 4.69) is 15.4 Å². The van der Waals surface area contributed by atoms with Gasteiger partial charge in [-0.05, 0) is 43.0 Å². The highest BCUT2D eigenvalue weighted by molar-refractivity contribution is 6.10. The van der Waals surface area contributed by atoms with Gasteiger partial charge >= 0.3 is 0 Å². The van der Waals surface area contributed by atoms with Crippen molar-refractivity contribution in [2.75, 3.05) is 11.4 Å². The van der Waals surface area contributed by atoms with Gasteiger partial charge in [0.15, 0.2) is 0 Å². The molecule has 9 heteroatoms. The fourth-order valence-electron chi connectivity index (χ4n) is 5.09. The molecule has 9 nitrogen and oxygen atoms in total. The van der Waals surface area contributed by atoms with Gasteiger partial charge in [-0.3, -0.25) is 19.3 Å². The molecular formula is C26H28N6O3. The molecule has 3 amide bonds. The van der Waals surface area contributed by atoms with Gasteiger partial charge in [0.1, 0.15) is 18.3 Å². The molecule has 0 bridgehead atoms. The quantitative estimate of drug-likeness (QED) is 0.543. The summed E-state index contributed by atoms with van der Waals surface area (Å²) in [4.78, 5) is 46.1. The first-order valence-electron chi connectivity index (χ1n) is 11.9. The Hall–Kier alpha value is -4.01. The summed E-state index contributed by atoms with van der Waals surface area (Å²) in [5.41, 5.74) is 2.61. The van der Waals surface area contributed by atoms with Crippen molar-refractivity contribution in [3.05, 3.63) is 77.9 Å². The Labute approximate surface area is 203 Å². The van der Waals surface area contributed by atoms with Crippen LogP contribution >= 0.6 is 0 Å². The smallest absolute Gasteiger partial charge is 0.257 e. The lowest BCUT2D eigenvalue weighted by molar-refractivity contribution is -0.121. The molecule has 3 heterocycles. The second-order valence-electron chi connectivity index (χ2n) is 9.16. The lowest BCUT2D eigenvalue weighted by atomic mass is 9.98. The number of hydrogen-bond donors (Lipinski definition) is 1. The maximum atomic E-state index is 13.3. The zero-order chi connectivity index (χ0) is 24.4. The molecule has 0 aliphatic carbocycles. The molecule has 1 aromatic heterocycles. The van der Waals surface area contributed by atoms with E-state index in [9.17, 15) is 14.4 Å². The van der Waals surface area contributed by atoms with Gasteiger partial charge in [0.05, 0.1) is 17.8 Å². The fraction of sp³-hybridized carbons (Fsp3) is 0.346. The van der Waals surface area contributed by atoms with Crippen LogP contribution in [0, 0.1) is 0 Å². The number of para-hydroxylation sites is 1. The molecule has 1 fully saturated rings. The predicted molar refractivity (Wildman–Crippen MR) is 129 cm³/mol. The first kappa shape index (κ1) is 22.8. The lowest BCUT2D eigenvalue weighted by Gasteiger charge is -2.48. The third-order valence-corrected chi connectivity index (χ3v) is 6.92. The molecule has 0 radical (unpaired) electrons. The first-order valence-corrected chi connectivity index (χ1v) is 11.9. The Balaban J connectivity index is 1.20. The van der Waals surface area contributed by atoms with Crippen LogP contribution < -0.4 is 10.2 Å². The molecule has 180 valence electrons. The number of amides is 3. The van der Waals surface area contributed by atoms with E-state index in [1.54, 1.807) is 26.9 Å². The highest BCUT2D eigenvalue weighted by Crippen LogP contribution is 2.44. The van der Waals surface area contributed by atoms with Gasteiger partial charge in [0.2, 0.25) is 11.8 Å². The summed E-state index contributed by atoms with van der Waals surface area (Å²) < 4.78 is 1.74. The first-order chi connectivity index (χ1) is 17.0. The van der Waals surface area contributed by atoms with Crippen molar-refractivity contribution in [1.29, 1.82) is 0 Å². The van der Waals surface area contributed by atoms with Gasteiger partial charge in [0, 0.05) is 25.9 Å². The van der Waals surface area contributed by atoms with Crippen LogP contribution in [0.1, 0.15) is 54.1 Å². The summed E-state index contributed by atoms with van der Waals surface area (Å²) >= 11 is 0. The minimum absolute atomic E-state index is 0.0275. The largest absolute Gasteiger partial charge is 0.352 e. The number of anilines is 1. The van der Waals surface area contributed by atoms with E-state index in [0.717, 1.165) is 11.1 Å². The van der Waals surface area contributed by atoms with Crippen LogP contribution in [0.4, 0.5) is 5.69 Å². The number of rotatable bonds is 8. The zero-order valence-corrected chi connectivity index (χ0v) is 19.7.